The second kappa shape index (κ2) is 7.74. The monoisotopic (exact) mass is 326 g/mol. The summed E-state index contributed by atoms with van der Waals surface area (Å²) in [5.74, 6) is -0.215. The van der Waals surface area contributed by atoms with Gasteiger partial charge in [0.05, 0.1) is 4.90 Å². The highest BCUT2D eigenvalue weighted by Gasteiger charge is 2.17. The largest absolute Gasteiger partial charge is 0.347 e. The minimum absolute atomic E-state index is 0.177. The fraction of sp³-hybridized carbons (Fsp3) is 0.562. The molecule has 1 rings (SSSR count). The van der Waals surface area contributed by atoms with Gasteiger partial charge in [-0.15, -0.1) is 0 Å². The molecule has 0 aliphatic carbocycles. The van der Waals surface area contributed by atoms with Gasteiger partial charge in [0.25, 0.3) is 5.91 Å². The molecule has 1 aromatic carbocycles. The lowest BCUT2D eigenvalue weighted by Gasteiger charge is -2.20. The summed E-state index contributed by atoms with van der Waals surface area (Å²) in [6, 6.07) is 5.98. The fourth-order valence-corrected chi connectivity index (χ4v) is 2.94. The van der Waals surface area contributed by atoms with E-state index in [0.29, 0.717) is 12.1 Å². The maximum absolute atomic E-state index is 12.1. The summed E-state index contributed by atoms with van der Waals surface area (Å²) in [7, 11) is -3.50. The van der Waals surface area contributed by atoms with Crippen LogP contribution in [0.2, 0.25) is 0 Å². The Morgan fingerprint density at radius 3 is 2.18 bits per heavy atom. The van der Waals surface area contributed by atoms with Gasteiger partial charge in [-0.05, 0) is 51.5 Å². The number of hydrogen-bond acceptors (Lipinski definition) is 3. The Balaban J connectivity index is 2.73. The van der Waals surface area contributed by atoms with Gasteiger partial charge in [0.1, 0.15) is 0 Å². The molecule has 1 amide bonds. The summed E-state index contributed by atoms with van der Waals surface area (Å²) in [6.07, 6.45) is 2.86. The number of rotatable bonds is 7. The average molecular weight is 326 g/mol. The third-order valence-electron chi connectivity index (χ3n) is 2.99. The molecule has 0 saturated heterocycles. The molecule has 0 atom stereocenters. The van der Waals surface area contributed by atoms with Crippen molar-refractivity contribution < 1.29 is 13.2 Å². The summed E-state index contributed by atoms with van der Waals surface area (Å²) >= 11 is 0. The van der Waals surface area contributed by atoms with Gasteiger partial charge in [0, 0.05) is 17.6 Å². The Morgan fingerprint density at radius 1 is 1.09 bits per heavy atom. The van der Waals surface area contributed by atoms with Gasteiger partial charge in [0.2, 0.25) is 10.0 Å². The molecule has 0 heterocycles. The lowest BCUT2D eigenvalue weighted by atomic mass is 10.1. The first kappa shape index (κ1) is 18.6. The molecule has 124 valence electrons. The molecule has 2 N–H and O–H groups in total. The van der Waals surface area contributed by atoms with Gasteiger partial charge in [-0.1, -0.05) is 19.8 Å². The van der Waals surface area contributed by atoms with E-state index in [1.807, 2.05) is 20.8 Å². The van der Waals surface area contributed by atoms with E-state index in [-0.39, 0.29) is 16.3 Å². The van der Waals surface area contributed by atoms with Crippen molar-refractivity contribution in [1.29, 1.82) is 0 Å². The van der Waals surface area contributed by atoms with E-state index in [1.165, 1.54) is 24.3 Å². The molecule has 6 heteroatoms. The van der Waals surface area contributed by atoms with E-state index in [1.54, 1.807) is 0 Å². The zero-order valence-corrected chi connectivity index (χ0v) is 14.6. The molecule has 0 aliphatic heterocycles. The zero-order chi connectivity index (χ0) is 16.8. The molecule has 0 spiro atoms. The Bertz CT molecular complexity index is 587. The maximum Gasteiger partial charge on any atom is 0.251 e. The lowest BCUT2D eigenvalue weighted by molar-refractivity contribution is 0.0919. The van der Waals surface area contributed by atoms with Crippen LogP contribution in [-0.4, -0.2) is 26.4 Å². The molecule has 0 aromatic heterocycles. The number of carbonyl (C=O) groups is 1. The molecule has 0 unspecified atom stereocenters. The number of sulfonamides is 1. The van der Waals surface area contributed by atoms with Crippen molar-refractivity contribution in [1.82, 2.24) is 10.0 Å². The van der Waals surface area contributed by atoms with Crippen LogP contribution >= 0.6 is 0 Å². The zero-order valence-electron chi connectivity index (χ0n) is 13.8. The molecule has 0 fully saturated rings. The normalized spacial score (nSPS) is 12.2. The van der Waals surface area contributed by atoms with Crippen LogP contribution in [0.3, 0.4) is 0 Å². The molecule has 0 saturated carbocycles. The van der Waals surface area contributed by atoms with Crippen LogP contribution in [0, 0.1) is 0 Å². The predicted molar refractivity (Wildman–Crippen MR) is 88.4 cm³/mol. The smallest absolute Gasteiger partial charge is 0.251 e. The summed E-state index contributed by atoms with van der Waals surface area (Å²) in [4.78, 5) is 12.2. The highest BCUT2D eigenvalue weighted by Crippen LogP contribution is 2.12. The Morgan fingerprint density at radius 2 is 1.68 bits per heavy atom. The predicted octanol–water partition coefficient (Wildman–Crippen LogP) is 2.68. The second-order valence-electron chi connectivity index (χ2n) is 6.33. The van der Waals surface area contributed by atoms with Gasteiger partial charge in [-0.2, -0.15) is 0 Å². The average Bonchev–Trinajstić information content (AvgIpc) is 2.42. The van der Waals surface area contributed by atoms with Crippen LogP contribution in [0.5, 0.6) is 0 Å². The number of hydrogen-bond donors (Lipinski definition) is 2. The lowest BCUT2D eigenvalue weighted by Crippen LogP contribution is -2.40. The summed E-state index contributed by atoms with van der Waals surface area (Å²) in [5, 5.41) is 2.84. The number of unbranched alkanes of at least 4 members (excludes halogenated alkanes) is 2. The molecule has 0 radical (unpaired) electrons. The van der Waals surface area contributed by atoms with E-state index in [4.69, 9.17) is 0 Å². The molecule has 0 bridgehead atoms. The van der Waals surface area contributed by atoms with Gasteiger partial charge < -0.3 is 5.32 Å². The Labute approximate surface area is 133 Å². The topological polar surface area (TPSA) is 75.3 Å². The SMILES string of the molecule is CCCCCNS(=O)(=O)c1ccc(C(=O)NC(C)(C)C)cc1. The van der Waals surface area contributed by atoms with Crippen molar-refractivity contribution in [3.8, 4) is 0 Å². The fourth-order valence-electron chi connectivity index (χ4n) is 1.86. The summed E-state index contributed by atoms with van der Waals surface area (Å²) in [6.45, 7) is 8.18. The van der Waals surface area contributed by atoms with Crippen molar-refractivity contribution in [2.24, 2.45) is 0 Å². The minimum atomic E-state index is -3.50. The molecule has 22 heavy (non-hydrogen) atoms. The first-order chi connectivity index (χ1) is 10.2. The standard InChI is InChI=1S/C16H26N2O3S/c1-5-6-7-12-17-22(20,21)14-10-8-13(9-11-14)15(19)18-16(2,3)4/h8-11,17H,5-7,12H2,1-4H3,(H,18,19). The Kier molecular flexibility index (Phi) is 6.56. The van der Waals surface area contributed by atoms with Gasteiger partial charge in [-0.25, -0.2) is 13.1 Å². The van der Waals surface area contributed by atoms with Crippen LogP contribution in [0.15, 0.2) is 29.2 Å². The molecule has 0 aliphatic rings. The summed E-state index contributed by atoms with van der Waals surface area (Å²) in [5.41, 5.74) is 0.114. The van der Waals surface area contributed by atoms with Crippen molar-refractivity contribution >= 4 is 15.9 Å². The van der Waals surface area contributed by atoms with E-state index in [9.17, 15) is 13.2 Å². The highest BCUT2D eigenvalue weighted by molar-refractivity contribution is 7.89. The van der Waals surface area contributed by atoms with Crippen molar-refractivity contribution in [3.05, 3.63) is 29.8 Å². The van der Waals surface area contributed by atoms with E-state index in [2.05, 4.69) is 17.0 Å². The van der Waals surface area contributed by atoms with Gasteiger partial charge in [0.15, 0.2) is 0 Å². The summed E-state index contributed by atoms with van der Waals surface area (Å²) < 4.78 is 26.8. The maximum atomic E-state index is 12.1. The number of amides is 1. The number of benzene rings is 1. The van der Waals surface area contributed by atoms with Crippen molar-refractivity contribution in [2.45, 2.75) is 57.4 Å². The van der Waals surface area contributed by atoms with E-state index in [0.717, 1.165) is 19.3 Å². The van der Waals surface area contributed by atoms with Crippen LogP contribution in [-0.2, 0) is 10.0 Å². The van der Waals surface area contributed by atoms with Gasteiger partial charge in [-0.3, -0.25) is 4.79 Å². The first-order valence-corrected chi connectivity index (χ1v) is 9.06. The van der Waals surface area contributed by atoms with Crippen molar-refractivity contribution in [3.63, 3.8) is 0 Å². The highest BCUT2D eigenvalue weighted by atomic mass is 32.2. The quantitative estimate of drug-likeness (QED) is 0.757. The Hall–Kier alpha value is -1.40. The van der Waals surface area contributed by atoms with Crippen LogP contribution < -0.4 is 10.0 Å². The number of carbonyl (C=O) groups excluding carboxylic acids is 1. The number of nitrogens with one attached hydrogen (secondary N) is 2. The molecular formula is C16H26N2O3S. The van der Waals surface area contributed by atoms with Crippen LogP contribution in [0.25, 0.3) is 0 Å². The first-order valence-electron chi connectivity index (χ1n) is 7.58. The van der Waals surface area contributed by atoms with E-state index >= 15 is 0 Å². The van der Waals surface area contributed by atoms with Crippen LogP contribution in [0.1, 0.15) is 57.3 Å². The van der Waals surface area contributed by atoms with Gasteiger partial charge >= 0.3 is 0 Å². The molecule has 1 aromatic rings. The molecular weight excluding hydrogens is 300 g/mol. The van der Waals surface area contributed by atoms with E-state index < -0.39 is 10.0 Å². The second-order valence-corrected chi connectivity index (χ2v) is 8.10. The van der Waals surface area contributed by atoms with Crippen LogP contribution in [0.4, 0.5) is 0 Å². The minimum Gasteiger partial charge on any atom is -0.347 e. The third kappa shape index (κ3) is 6.15. The third-order valence-corrected chi connectivity index (χ3v) is 4.46. The molecule has 5 nitrogen and oxygen atoms in total. The van der Waals surface area contributed by atoms with Crippen molar-refractivity contribution in [2.75, 3.05) is 6.54 Å².